The summed E-state index contributed by atoms with van der Waals surface area (Å²) in [7, 11) is 0. The van der Waals surface area contributed by atoms with Crippen LogP contribution in [0.1, 0.15) is 19.0 Å². The first-order valence-corrected chi connectivity index (χ1v) is 5.41. The molecule has 1 rings (SSSR count). The lowest BCUT2D eigenvalue weighted by atomic mass is 10.3. The molecule has 90 valence electrons. The molecule has 1 aromatic rings. The Morgan fingerprint density at radius 1 is 1.38 bits per heavy atom. The molecule has 4 N–H and O–H groups in total. The third-order valence-electron chi connectivity index (χ3n) is 2.19. The van der Waals surface area contributed by atoms with Crippen LogP contribution >= 0.6 is 0 Å². The zero-order valence-corrected chi connectivity index (χ0v) is 9.56. The summed E-state index contributed by atoms with van der Waals surface area (Å²) in [4.78, 5) is 10.4. The molecule has 6 nitrogen and oxygen atoms in total. The summed E-state index contributed by atoms with van der Waals surface area (Å²) < 4.78 is 0. The molecule has 0 aromatic carbocycles. The Morgan fingerprint density at radius 2 is 2.19 bits per heavy atom. The minimum Gasteiger partial charge on any atom is -0.395 e. The Labute approximate surface area is 95.5 Å². The van der Waals surface area contributed by atoms with Crippen molar-refractivity contribution in [3.8, 4) is 0 Å². The lowest BCUT2D eigenvalue weighted by Gasteiger charge is -2.19. The summed E-state index contributed by atoms with van der Waals surface area (Å²) in [6.07, 6.45) is 4.34. The molecule has 1 heterocycles. The van der Waals surface area contributed by atoms with E-state index in [1.165, 1.54) is 0 Å². The van der Waals surface area contributed by atoms with Gasteiger partial charge in [-0.3, -0.25) is 9.88 Å². The highest BCUT2D eigenvalue weighted by molar-refractivity contribution is 5.28. The molecule has 6 heteroatoms. The summed E-state index contributed by atoms with van der Waals surface area (Å²) in [6.45, 7) is 4.57. The molecule has 0 saturated heterocycles. The van der Waals surface area contributed by atoms with Crippen LogP contribution in [0.4, 0.5) is 5.82 Å². The molecule has 0 atom stereocenters. The van der Waals surface area contributed by atoms with Gasteiger partial charge in [-0.2, -0.15) is 0 Å². The van der Waals surface area contributed by atoms with E-state index in [0.29, 0.717) is 18.9 Å². The third kappa shape index (κ3) is 4.09. The number of aliphatic hydroxyl groups excluding tert-OH is 1. The Balaban J connectivity index is 2.54. The second-order valence-corrected chi connectivity index (χ2v) is 3.54. The lowest BCUT2D eigenvalue weighted by molar-refractivity contribution is 0.189. The molecule has 1 aromatic heterocycles. The first-order chi connectivity index (χ1) is 7.80. The van der Waals surface area contributed by atoms with Gasteiger partial charge in [-0.05, 0) is 13.0 Å². The van der Waals surface area contributed by atoms with Crippen LogP contribution in [0, 0.1) is 0 Å². The van der Waals surface area contributed by atoms with Crippen LogP contribution in [0.3, 0.4) is 0 Å². The van der Waals surface area contributed by atoms with Crippen molar-refractivity contribution in [1.29, 1.82) is 0 Å². The zero-order valence-electron chi connectivity index (χ0n) is 9.56. The van der Waals surface area contributed by atoms with Crippen molar-refractivity contribution >= 4 is 5.82 Å². The molecule has 0 radical (unpaired) electrons. The summed E-state index contributed by atoms with van der Waals surface area (Å²) in [5.74, 6) is 5.75. The van der Waals surface area contributed by atoms with Crippen molar-refractivity contribution < 1.29 is 5.11 Å². The van der Waals surface area contributed by atoms with E-state index in [1.54, 1.807) is 12.4 Å². The van der Waals surface area contributed by atoms with E-state index in [4.69, 9.17) is 10.9 Å². The first-order valence-electron chi connectivity index (χ1n) is 5.41. The molecular formula is C10H19N5O. The number of nitrogens with zero attached hydrogens (tertiary/aromatic N) is 3. The van der Waals surface area contributed by atoms with Crippen LogP contribution in [-0.2, 0) is 6.54 Å². The number of hydrogen-bond donors (Lipinski definition) is 3. The molecule has 0 unspecified atom stereocenters. The topological polar surface area (TPSA) is 87.3 Å². The molecule has 0 saturated carbocycles. The maximum atomic E-state index is 8.92. The molecule has 0 aliphatic heterocycles. The predicted molar refractivity (Wildman–Crippen MR) is 62.5 cm³/mol. The smallest absolute Gasteiger partial charge is 0.158 e. The Morgan fingerprint density at radius 3 is 2.69 bits per heavy atom. The second kappa shape index (κ2) is 7.10. The largest absolute Gasteiger partial charge is 0.395 e. The van der Waals surface area contributed by atoms with E-state index >= 15 is 0 Å². The first kappa shape index (κ1) is 12.8. The summed E-state index contributed by atoms with van der Waals surface area (Å²) in [6, 6.07) is 0. The van der Waals surface area contributed by atoms with Gasteiger partial charge in [0.1, 0.15) is 0 Å². The molecule has 0 amide bonds. The lowest BCUT2D eigenvalue weighted by Crippen LogP contribution is -2.27. The second-order valence-electron chi connectivity index (χ2n) is 3.54. The average molecular weight is 225 g/mol. The van der Waals surface area contributed by atoms with Crippen LogP contribution in [-0.4, -0.2) is 39.7 Å². The van der Waals surface area contributed by atoms with Crippen molar-refractivity contribution in [2.45, 2.75) is 19.9 Å². The summed E-state index contributed by atoms with van der Waals surface area (Å²) in [5.41, 5.74) is 3.31. The van der Waals surface area contributed by atoms with Gasteiger partial charge in [-0.15, -0.1) is 0 Å². The fraction of sp³-hybridized carbons (Fsp3) is 0.600. The van der Waals surface area contributed by atoms with Crippen LogP contribution in [0.2, 0.25) is 0 Å². The Bertz CT molecular complexity index is 284. The number of aromatic nitrogens is 2. The fourth-order valence-corrected chi connectivity index (χ4v) is 1.47. The predicted octanol–water partition coefficient (Wildman–Crippen LogP) is -0.0335. The molecular weight excluding hydrogens is 206 g/mol. The number of anilines is 1. The standard InChI is InChI=1S/C10H19N5O/c1-2-3-15(4-5-16)8-9-6-13-10(14-11)7-12-9/h6-7,16H,2-5,8,11H2,1H3,(H,13,14). The van der Waals surface area contributed by atoms with Gasteiger partial charge in [0.2, 0.25) is 0 Å². The highest BCUT2D eigenvalue weighted by Gasteiger charge is 2.05. The molecule has 0 aliphatic carbocycles. The molecule has 0 spiro atoms. The van der Waals surface area contributed by atoms with Gasteiger partial charge in [0.15, 0.2) is 5.82 Å². The molecule has 0 fully saturated rings. The monoisotopic (exact) mass is 225 g/mol. The van der Waals surface area contributed by atoms with Crippen molar-refractivity contribution in [2.75, 3.05) is 25.1 Å². The molecule has 16 heavy (non-hydrogen) atoms. The summed E-state index contributed by atoms with van der Waals surface area (Å²) >= 11 is 0. The van der Waals surface area contributed by atoms with E-state index < -0.39 is 0 Å². The van der Waals surface area contributed by atoms with Crippen LogP contribution < -0.4 is 11.3 Å². The minimum absolute atomic E-state index is 0.163. The van der Waals surface area contributed by atoms with Gasteiger partial charge in [-0.1, -0.05) is 6.92 Å². The number of nitrogens with two attached hydrogens (primary N) is 1. The van der Waals surface area contributed by atoms with Crippen molar-refractivity contribution in [3.63, 3.8) is 0 Å². The van der Waals surface area contributed by atoms with E-state index in [1.807, 2.05) is 0 Å². The third-order valence-corrected chi connectivity index (χ3v) is 2.19. The van der Waals surface area contributed by atoms with Gasteiger partial charge in [-0.25, -0.2) is 10.8 Å². The van der Waals surface area contributed by atoms with Crippen LogP contribution in [0.15, 0.2) is 12.4 Å². The number of nitrogens with one attached hydrogen (secondary N) is 1. The van der Waals surface area contributed by atoms with Gasteiger partial charge < -0.3 is 10.5 Å². The van der Waals surface area contributed by atoms with Gasteiger partial charge >= 0.3 is 0 Å². The molecule has 0 aliphatic rings. The zero-order chi connectivity index (χ0) is 11.8. The Hall–Kier alpha value is -1.24. The van der Waals surface area contributed by atoms with E-state index in [-0.39, 0.29) is 6.61 Å². The van der Waals surface area contributed by atoms with Gasteiger partial charge in [0, 0.05) is 13.1 Å². The van der Waals surface area contributed by atoms with Crippen LogP contribution in [0.5, 0.6) is 0 Å². The highest BCUT2D eigenvalue weighted by atomic mass is 16.3. The number of hydrazine groups is 1. The Kier molecular flexibility index (Phi) is 5.69. The van der Waals surface area contributed by atoms with Gasteiger partial charge in [0.25, 0.3) is 0 Å². The van der Waals surface area contributed by atoms with Crippen molar-refractivity contribution in [1.82, 2.24) is 14.9 Å². The maximum absolute atomic E-state index is 8.92. The maximum Gasteiger partial charge on any atom is 0.158 e. The van der Waals surface area contributed by atoms with E-state index in [0.717, 1.165) is 18.7 Å². The summed E-state index contributed by atoms with van der Waals surface area (Å²) in [5, 5.41) is 8.92. The number of aliphatic hydroxyl groups is 1. The van der Waals surface area contributed by atoms with Crippen molar-refractivity contribution in [3.05, 3.63) is 18.1 Å². The average Bonchev–Trinajstić information content (AvgIpc) is 2.31. The SMILES string of the molecule is CCCN(CCO)Cc1cnc(NN)cn1. The highest BCUT2D eigenvalue weighted by Crippen LogP contribution is 2.03. The normalized spacial score (nSPS) is 10.8. The van der Waals surface area contributed by atoms with Gasteiger partial charge in [0.05, 0.1) is 24.7 Å². The number of nitrogen functional groups attached to an aromatic ring is 1. The number of hydrogen-bond acceptors (Lipinski definition) is 6. The minimum atomic E-state index is 0.163. The van der Waals surface area contributed by atoms with E-state index in [9.17, 15) is 0 Å². The quantitative estimate of drug-likeness (QED) is 0.446. The van der Waals surface area contributed by atoms with Crippen molar-refractivity contribution in [2.24, 2.45) is 5.84 Å². The molecule has 0 bridgehead atoms. The fourth-order valence-electron chi connectivity index (χ4n) is 1.47. The van der Waals surface area contributed by atoms with E-state index in [2.05, 4.69) is 27.2 Å². The van der Waals surface area contributed by atoms with Crippen LogP contribution in [0.25, 0.3) is 0 Å². The number of rotatable bonds is 7.